The number of rotatable bonds is 0. The number of ketones is 1. The smallest absolute Gasteiger partial charge is 0.212 e. The van der Waals surface area contributed by atoms with Crippen molar-refractivity contribution in [1.82, 2.24) is 9.55 Å². The molecule has 5 nitrogen and oxygen atoms in total. The zero-order valence-corrected chi connectivity index (χ0v) is 9.08. The quantitative estimate of drug-likeness (QED) is 0.463. The van der Waals surface area contributed by atoms with Crippen LogP contribution in [0, 0.1) is 0 Å². The van der Waals surface area contributed by atoms with Gasteiger partial charge in [0.2, 0.25) is 5.78 Å². The molecule has 0 radical (unpaired) electrons. The van der Waals surface area contributed by atoms with Gasteiger partial charge in [0.1, 0.15) is 17.1 Å². The summed E-state index contributed by atoms with van der Waals surface area (Å²) in [5.41, 5.74) is 2.38. The van der Waals surface area contributed by atoms with Crippen LogP contribution >= 0.6 is 0 Å². The van der Waals surface area contributed by atoms with Crippen molar-refractivity contribution in [2.75, 3.05) is 0 Å². The van der Waals surface area contributed by atoms with Gasteiger partial charge >= 0.3 is 0 Å². The summed E-state index contributed by atoms with van der Waals surface area (Å²) in [4.78, 5) is 16.4. The third-order valence-corrected chi connectivity index (χ3v) is 2.90. The molecular formula is C12H9N3O2. The van der Waals surface area contributed by atoms with Gasteiger partial charge in [-0.15, -0.1) is 0 Å². The lowest BCUT2D eigenvalue weighted by molar-refractivity contribution is 0.103. The summed E-state index contributed by atoms with van der Waals surface area (Å²) >= 11 is 0. The molecule has 0 fully saturated rings. The van der Waals surface area contributed by atoms with Crippen LogP contribution in [-0.4, -0.2) is 26.3 Å². The van der Waals surface area contributed by atoms with Gasteiger partial charge in [-0.3, -0.25) is 4.79 Å². The predicted molar refractivity (Wildman–Crippen MR) is 60.5 cm³/mol. The van der Waals surface area contributed by atoms with Gasteiger partial charge in [-0.25, -0.2) is 4.98 Å². The van der Waals surface area contributed by atoms with E-state index in [0.717, 1.165) is 0 Å². The van der Waals surface area contributed by atoms with Gasteiger partial charge in [-0.2, -0.15) is 0 Å². The Kier molecular flexibility index (Phi) is 1.89. The second-order valence-corrected chi connectivity index (χ2v) is 3.88. The maximum absolute atomic E-state index is 12.3. The summed E-state index contributed by atoms with van der Waals surface area (Å²) in [6.45, 7) is 0. The maximum atomic E-state index is 12.3. The Labute approximate surface area is 97.0 Å². The molecule has 1 aliphatic carbocycles. The minimum absolute atomic E-state index is 0.0944. The zero-order valence-electron chi connectivity index (χ0n) is 9.08. The van der Waals surface area contributed by atoms with E-state index in [0.29, 0.717) is 28.2 Å². The molecule has 2 aromatic rings. The lowest BCUT2D eigenvalue weighted by Gasteiger charge is -2.15. The number of carbonyl (C=O) groups excluding carboxylic acids is 1. The molecule has 5 heteroatoms. The molecule has 0 unspecified atom stereocenters. The van der Waals surface area contributed by atoms with Crippen LogP contribution in [0.4, 0.5) is 0 Å². The molecule has 0 atom stereocenters. The van der Waals surface area contributed by atoms with E-state index in [1.54, 1.807) is 42.2 Å². The Bertz CT molecular complexity index is 656. The number of aryl methyl sites for hydroxylation is 1. The first-order valence-electron chi connectivity index (χ1n) is 5.12. The van der Waals surface area contributed by atoms with Crippen LogP contribution in [0.5, 0.6) is 0 Å². The number of hydrogen-bond donors (Lipinski definition) is 1. The van der Waals surface area contributed by atoms with E-state index in [2.05, 4.69) is 10.1 Å². The fraction of sp³-hybridized carbons (Fsp3) is 0.0833. The summed E-state index contributed by atoms with van der Waals surface area (Å²) in [5, 5.41) is 12.4. The Hall–Kier alpha value is -2.43. The summed E-state index contributed by atoms with van der Waals surface area (Å²) in [5.74, 6) is -0.0944. The highest BCUT2D eigenvalue weighted by atomic mass is 16.4. The standard InChI is InChI=1S/C12H9N3O2/c1-15-6-13-10-9(14-17)7-4-2-3-5-8(7)12(16)11(10)15/h2-6,17H,1H3/b14-9+. The van der Waals surface area contributed by atoms with E-state index in [1.807, 2.05) is 0 Å². The SMILES string of the molecule is Cn1cnc2c1C(=O)c1ccccc1/C2=N\O. The van der Waals surface area contributed by atoms with Gasteiger partial charge in [0.05, 0.1) is 6.33 Å². The molecule has 84 valence electrons. The molecule has 1 aliphatic rings. The number of carbonyl (C=O) groups is 1. The fourth-order valence-corrected chi connectivity index (χ4v) is 2.12. The van der Waals surface area contributed by atoms with Crippen molar-refractivity contribution in [3.63, 3.8) is 0 Å². The van der Waals surface area contributed by atoms with E-state index >= 15 is 0 Å². The number of fused-ring (bicyclic) bond motifs is 2. The Morgan fingerprint density at radius 1 is 1.29 bits per heavy atom. The van der Waals surface area contributed by atoms with E-state index in [4.69, 9.17) is 5.21 Å². The largest absolute Gasteiger partial charge is 0.410 e. The van der Waals surface area contributed by atoms with Crippen LogP contribution in [0.3, 0.4) is 0 Å². The summed E-state index contributed by atoms with van der Waals surface area (Å²) in [6.07, 6.45) is 1.54. The first kappa shape index (κ1) is 9.77. The van der Waals surface area contributed by atoms with Crippen molar-refractivity contribution in [3.05, 3.63) is 53.1 Å². The van der Waals surface area contributed by atoms with E-state index in [9.17, 15) is 4.79 Å². The third-order valence-electron chi connectivity index (χ3n) is 2.90. The molecule has 0 saturated carbocycles. The van der Waals surface area contributed by atoms with E-state index in [1.165, 1.54) is 0 Å². The number of aromatic nitrogens is 2. The van der Waals surface area contributed by atoms with E-state index < -0.39 is 0 Å². The van der Waals surface area contributed by atoms with Crippen molar-refractivity contribution in [2.45, 2.75) is 0 Å². The summed E-state index contributed by atoms with van der Waals surface area (Å²) < 4.78 is 1.64. The molecule has 0 spiro atoms. The lowest BCUT2D eigenvalue weighted by atomic mass is 9.89. The molecule has 0 bridgehead atoms. The number of imidazole rings is 1. The Morgan fingerprint density at radius 3 is 2.71 bits per heavy atom. The lowest BCUT2D eigenvalue weighted by Crippen LogP contribution is -2.23. The first-order valence-corrected chi connectivity index (χ1v) is 5.12. The highest BCUT2D eigenvalue weighted by molar-refractivity contribution is 6.28. The molecule has 0 amide bonds. The third kappa shape index (κ3) is 1.16. The molecule has 0 aliphatic heterocycles. The fourth-order valence-electron chi connectivity index (χ4n) is 2.12. The number of oxime groups is 1. The summed E-state index contributed by atoms with van der Waals surface area (Å²) in [6, 6.07) is 7.05. The van der Waals surface area contributed by atoms with Crippen molar-refractivity contribution < 1.29 is 10.0 Å². The second-order valence-electron chi connectivity index (χ2n) is 3.88. The van der Waals surface area contributed by atoms with Gasteiger partial charge in [0.15, 0.2) is 0 Å². The minimum atomic E-state index is -0.0944. The van der Waals surface area contributed by atoms with E-state index in [-0.39, 0.29) is 5.78 Å². The number of nitrogens with zero attached hydrogens (tertiary/aromatic N) is 3. The highest BCUT2D eigenvalue weighted by Crippen LogP contribution is 2.26. The maximum Gasteiger partial charge on any atom is 0.212 e. The Balaban J connectivity index is 2.39. The Morgan fingerprint density at radius 2 is 2.00 bits per heavy atom. The molecule has 1 aromatic carbocycles. The average Bonchev–Trinajstić information content (AvgIpc) is 2.73. The first-order chi connectivity index (χ1) is 8.24. The highest BCUT2D eigenvalue weighted by Gasteiger charge is 2.31. The minimum Gasteiger partial charge on any atom is -0.410 e. The van der Waals surface area contributed by atoms with Crippen molar-refractivity contribution in [3.8, 4) is 0 Å². The average molecular weight is 227 g/mol. The van der Waals surface area contributed by atoms with Crippen LogP contribution < -0.4 is 0 Å². The number of hydrogen-bond acceptors (Lipinski definition) is 4. The van der Waals surface area contributed by atoms with Crippen molar-refractivity contribution in [1.29, 1.82) is 0 Å². The van der Waals surface area contributed by atoms with Crippen LogP contribution in [-0.2, 0) is 7.05 Å². The molecule has 1 aromatic heterocycles. The normalized spacial score (nSPS) is 15.8. The molecule has 0 saturated heterocycles. The molecule has 1 N–H and O–H groups in total. The van der Waals surface area contributed by atoms with Gasteiger partial charge < -0.3 is 9.77 Å². The number of benzene rings is 1. The molecule has 3 rings (SSSR count). The van der Waals surface area contributed by atoms with Crippen LogP contribution in [0.25, 0.3) is 0 Å². The van der Waals surface area contributed by atoms with Gasteiger partial charge in [0.25, 0.3) is 0 Å². The molecular weight excluding hydrogens is 218 g/mol. The van der Waals surface area contributed by atoms with Crippen LogP contribution in [0.15, 0.2) is 35.7 Å². The van der Waals surface area contributed by atoms with Crippen molar-refractivity contribution >= 4 is 11.5 Å². The van der Waals surface area contributed by atoms with Gasteiger partial charge in [-0.1, -0.05) is 29.4 Å². The molecule has 1 heterocycles. The second kappa shape index (κ2) is 3.28. The molecule has 17 heavy (non-hydrogen) atoms. The van der Waals surface area contributed by atoms with Crippen LogP contribution in [0.2, 0.25) is 0 Å². The summed E-state index contributed by atoms with van der Waals surface area (Å²) in [7, 11) is 1.74. The van der Waals surface area contributed by atoms with Gasteiger partial charge in [-0.05, 0) is 0 Å². The predicted octanol–water partition coefficient (Wildman–Crippen LogP) is 1.19. The van der Waals surface area contributed by atoms with Crippen LogP contribution in [0.1, 0.15) is 27.3 Å². The monoisotopic (exact) mass is 227 g/mol. The van der Waals surface area contributed by atoms with Crippen molar-refractivity contribution in [2.24, 2.45) is 12.2 Å². The van der Waals surface area contributed by atoms with Gasteiger partial charge in [0, 0.05) is 18.2 Å². The topological polar surface area (TPSA) is 67.5 Å². The zero-order chi connectivity index (χ0) is 12.0.